The first-order valence-corrected chi connectivity index (χ1v) is 6.67. The van der Waals surface area contributed by atoms with Gasteiger partial charge < -0.3 is 10.1 Å². The van der Waals surface area contributed by atoms with Crippen LogP contribution in [0.4, 0.5) is 5.95 Å². The lowest BCUT2D eigenvalue weighted by Gasteiger charge is -2.10. The molecule has 0 unspecified atom stereocenters. The number of ether oxygens (including phenoxy) is 1. The number of nitrogens with zero attached hydrogens (tertiary/aromatic N) is 3. The van der Waals surface area contributed by atoms with Gasteiger partial charge in [-0.2, -0.15) is 15.0 Å². The Bertz CT molecular complexity index is 337. The summed E-state index contributed by atoms with van der Waals surface area (Å²) >= 11 is 6.97. The Morgan fingerprint density at radius 2 is 2.12 bits per heavy atom. The Balaban J connectivity index is 2.82. The van der Waals surface area contributed by atoms with Crippen molar-refractivity contribution in [2.45, 2.75) is 25.0 Å². The van der Waals surface area contributed by atoms with Gasteiger partial charge in [0.05, 0.1) is 5.88 Å². The zero-order valence-corrected chi connectivity index (χ0v) is 11.1. The van der Waals surface area contributed by atoms with Gasteiger partial charge in [-0.3, -0.25) is 0 Å². The highest BCUT2D eigenvalue weighted by atomic mass is 35.5. The van der Waals surface area contributed by atoms with Crippen molar-refractivity contribution in [2.24, 2.45) is 0 Å². The lowest BCUT2D eigenvalue weighted by atomic mass is 10.4. The molecule has 1 aromatic rings. The van der Waals surface area contributed by atoms with Gasteiger partial charge in [0.25, 0.3) is 0 Å². The van der Waals surface area contributed by atoms with E-state index in [9.17, 15) is 0 Å². The number of alkyl halides is 1. The first-order valence-electron chi connectivity index (χ1n) is 4.91. The van der Waals surface area contributed by atoms with Crippen LogP contribution in [0.3, 0.4) is 0 Å². The monoisotopic (exact) mass is 262 g/mol. The SMILES string of the molecule is CSc1nc(NC(C)C)nc(OCCCl)n1. The van der Waals surface area contributed by atoms with Gasteiger partial charge in [0.1, 0.15) is 6.61 Å². The zero-order valence-electron chi connectivity index (χ0n) is 9.53. The van der Waals surface area contributed by atoms with Gasteiger partial charge in [0.2, 0.25) is 5.95 Å². The highest BCUT2D eigenvalue weighted by Crippen LogP contribution is 2.15. The minimum Gasteiger partial charge on any atom is -0.462 e. The fourth-order valence-electron chi connectivity index (χ4n) is 0.946. The van der Waals surface area contributed by atoms with Crippen LogP contribution in [-0.4, -0.2) is 39.7 Å². The van der Waals surface area contributed by atoms with E-state index in [0.717, 1.165) is 0 Å². The van der Waals surface area contributed by atoms with Crippen molar-refractivity contribution in [1.82, 2.24) is 15.0 Å². The zero-order chi connectivity index (χ0) is 12.0. The van der Waals surface area contributed by atoms with Crippen LogP contribution < -0.4 is 10.1 Å². The molecule has 0 atom stereocenters. The molecule has 5 nitrogen and oxygen atoms in total. The number of anilines is 1. The minimum atomic E-state index is 0.262. The number of rotatable bonds is 6. The molecular weight excluding hydrogens is 248 g/mol. The topological polar surface area (TPSA) is 59.9 Å². The fourth-order valence-corrected chi connectivity index (χ4v) is 1.37. The van der Waals surface area contributed by atoms with Gasteiger partial charge in [0.15, 0.2) is 5.16 Å². The molecule has 1 N–H and O–H groups in total. The van der Waals surface area contributed by atoms with Crippen molar-refractivity contribution in [3.63, 3.8) is 0 Å². The molecule has 0 bridgehead atoms. The summed E-state index contributed by atoms with van der Waals surface area (Å²) in [4.78, 5) is 12.5. The highest BCUT2D eigenvalue weighted by molar-refractivity contribution is 7.98. The number of hydrogen-bond donors (Lipinski definition) is 1. The van der Waals surface area contributed by atoms with Crippen LogP contribution in [0.25, 0.3) is 0 Å². The van der Waals surface area contributed by atoms with Gasteiger partial charge >= 0.3 is 6.01 Å². The van der Waals surface area contributed by atoms with Crippen molar-refractivity contribution in [2.75, 3.05) is 24.1 Å². The van der Waals surface area contributed by atoms with Crippen LogP contribution in [-0.2, 0) is 0 Å². The summed E-state index contributed by atoms with van der Waals surface area (Å²) in [6.45, 7) is 4.42. The summed E-state index contributed by atoms with van der Waals surface area (Å²) in [5.74, 6) is 0.937. The third-order valence-electron chi connectivity index (χ3n) is 1.50. The highest BCUT2D eigenvalue weighted by Gasteiger charge is 2.07. The summed E-state index contributed by atoms with van der Waals surface area (Å²) in [7, 11) is 0. The third kappa shape index (κ3) is 4.40. The lowest BCUT2D eigenvalue weighted by Crippen LogP contribution is -2.14. The maximum absolute atomic E-state index is 5.53. The molecule has 90 valence electrons. The molecule has 1 heterocycles. The molecule has 0 aromatic carbocycles. The summed E-state index contributed by atoms with van der Waals surface area (Å²) in [5.41, 5.74) is 0. The van der Waals surface area contributed by atoms with E-state index in [0.29, 0.717) is 29.6 Å². The van der Waals surface area contributed by atoms with E-state index >= 15 is 0 Å². The average Bonchev–Trinajstić information content (AvgIpc) is 2.25. The van der Waals surface area contributed by atoms with E-state index in [1.54, 1.807) is 0 Å². The second-order valence-electron chi connectivity index (χ2n) is 3.26. The molecule has 0 saturated carbocycles. The minimum absolute atomic E-state index is 0.262. The lowest BCUT2D eigenvalue weighted by molar-refractivity contribution is 0.310. The average molecular weight is 263 g/mol. The summed E-state index contributed by atoms with van der Waals surface area (Å²) in [6.07, 6.45) is 1.90. The third-order valence-corrected chi connectivity index (χ3v) is 2.21. The van der Waals surface area contributed by atoms with E-state index in [1.165, 1.54) is 11.8 Å². The normalized spacial score (nSPS) is 10.6. The standard InChI is InChI=1S/C9H15ClN4OS/c1-6(2)11-7-12-8(15-5-4-10)14-9(13-7)16-3/h6H,4-5H2,1-3H3,(H,11,12,13,14). The number of hydrogen-bond acceptors (Lipinski definition) is 6. The fraction of sp³-hybridized carbons (Fsp3) is 0.667. The Kier molecular flexibility index (Phi) is 5.62. The van der Waals surface area contributed by atoms with Crippen LogP contribution in [0, 0.1) is 0 Å². The molecule has 0 aliphatic carbocycles. The Hall–Kier alpha value is -0.750. The quantitative estimate of drug-likeness (QED) is 0.625. The van der Waals surface area contributed by atoms with E-state index in [4.69, 9.17) is 16.3 Å². The molecule has 1 aromatic heterocycles. The van der Waals surface area contributed by atoms with Crippen LogP contribution in [0.15, 0.2) is 5.16 Å². The molecule has 16 heavy (non-hydrogen) atoms. The van der Waals surface area contributed by atoms with Crippen molar-refractivity contribution in [3.05, 3.63) is 0 Å². The summed E-state index contributed by atoms with van der Waals surface area (Å²) in [6, 6.07) is 0.570. The van der Waals surface area contributed by atoms with Gasteiger partial charge in [0, 0.05) is 6.04 Å². The summed E-state index contributed by atoms with van der Waals surface area (Å²) < 4.78 is 5.27. The largest absolute Gasteiger partial charge is 0.462 e. The molecular formula is C9H15ClN4OS. The molecule has 0 aliphatic rings. The predicted molar refractivity (Wildman–Crippen MR) is 66.6 cm³/mol. The Labute approximate surface area is 104 Å². The first kappa shape index (κ1) is 13.3. The Morgan fingerprint density at radius 3 is 2.69 bits per heavy atom. The number of aromatic nitrogens is 3. The van der Waals surface area contributed by atoms with Crippen LogP contribution in [0.2, 0.25) is 0 Å². The second kappa shape index (κ2) is 6.75. The predicted octanol–water partition coefficient (Wildman–Crippen LogP) is 2.03. The van der Waals surface area contributed by atoms with Gasteiger partial charge in [-0.25, -0.2) is 0 Å². The van der Waals surface area contributed by atoms with Crippen LogP contribution in [0.5, 0.6) is 6.01 Å². The maximum Gasteiger partial charge on any atom is 0.322 e. The Morgan fingerprint density at radius 1 is 1.38 bits per heavy atom. The molecule has 0 radical (unpaired) electrons. The van der Waals surface area contributed by atoms with Crippen LogP contribution in [0.1, 0.15) is 13.8 Å². The van der Waals surface area contributed by atoms with Crippen LogP contribution >= 0.6 is 23.4 Å². The van der Waals surface area contributed by atoms with Gasteiger partial charge in [-0.1, -0.05) is 11.8 Å². The van der Waals surface area contributed by atoms with Crippen molar-refractivity contribution in [3.8, 4) is 6.01 Å². The van der Waals surface area contributed by atoms with Crippen molar-refractivity contribution >= 4 is 29.3 Å². The molecule has 0 spiro atoms. The second-order valence-corrected chi connectivity index (χ2v) is 4.42. The van der Waals surface area contributed by atoms with Gasteiger partial charge in [-0.15, -0.1) is 11.6 Å². The maximum atomic E-state index is 5.53. The summed E-state index contributed by atoms with van der Waals surface area (Å²) in [5, 5.41) is 3.74. The molecule has 0 amide bonds. The molecule has 7 heteroatoms. The molecule has 0 aliphatic heterocycles. The number of halogens is 1. The smallest absolute Gasteiger partial charge is 0.322 e. The van der Waals surface area contributed by atoms with E-state index in [-0.39, 0.29) is 6.04 Å². The van der Waals surface area contributed by atoms with Crippen molar-refractivity contribution in [1.29, 1.82) is 0 Å². The van der Waals surface area contributed by atoms with Crippen molar-refractivity contribution < 1.29 is 4.74 Å². The van der Waals surface area contributed by atoms with Gasteiger partial charge in [-0.05, 0) is 20.1 Å². The van der Waals surface area contributed by atoms with E-state index < -0.39 is 0 Å². The molecule has 1 rings (SSSR count). The number of thioether (sulfide) groups is 1. The van der Waals surface area contributed by atoms with E-state index in [2.05, 4.69) is 20.3 Å². The molecule has 0 saturated heterocycles. The molecule has 0 fully saturated rings. The number of nitrogens with one attached hydrogen (secondary N) is 1. The first-order chi connectivity index (χ1) is 7.65. The van der Waals surface area contributed by atoms with E-state index in [1.807, 2.05) is 20.1 Å².